The minimum atomic E-state index is -0.727. The molecule has 2 aliphatic rings. The smallest absolute Gasteiger partial charge is 0.303 e. The number of hydrogen-bond donors (Lipinski definition) is 3. The number of carboxylic acids is 1. The SMILES string of the molecule is Cc1cccc(OC[C@H](O)C=C[C@@H]2[C@H]3CC[C@H](CCCC(=O)O)S[C@H]3C[C@H]2O)c1. The number of benzene rings is 1. The first-order valence-corrected chi connectivity index (χ1v) is 11.5. The van der Waals surface area contributed by atoms with Crippen LogP contribution in [0.5, 0.6) is 5.75 Å². The number of hydrogen-bond acceptors (Lipinski definition) is 5. The van der Waals surface area contributed by atoms with E-state index in [1.807, 2.05) is 49.0 Å². The van der Waals surface area contributed by atoms with Gasteiger partial charge in [-0.1, -0.05) is 24.3 Å². The Morgan fingerprint density at radius 1 is 1.38 bits per heavy atom. The molecule has 1 aromatic carbocycles. The maximum atomic E-state index is 10.7. The van der Waals surface area contributed by atoms with E-state index in [1.54, 1.807) is 6.08 Å². The van der Waals surface area contributed by atoms with Gasteiger partial charge in [0.2, 0.25) is 0 Å². The number of fused-ring (bicyclic) bond motifs is 1. The van der Waals surface area contributed by atoms with Gasteiger partial charge in [-0.2, -0.15) is 11.8 Å². The molecule has 0 spiro atoms. The molecule has 1 saturated heterocycles. The van der Waals surface area contributed by atoms with Crippen LogP contribution in [0.3, 0.4) is 0 Å². The summed E-state index contributed by atoms with van der Waals surface area (Å²) in [7, 11) is 0. The van der Waals surface area contributed by atoms with Crippen molar-refractivity contribution in [1.29, 1.82) is 0 Å². The lowest BCUT2D eigenvalue weighted by Gasteiger charge is -2.33. The highest BCUT2D eigenvalue weighted by Crippen LogP contribution is 2.49. The summed E-state index contributed by atoms with van der Waals surface area (Å²) in [5.74, 6) is 0.513. The largest absolute Gasteiger partial charge is 0.491 e. The van der Waals surface area contributed by atoms with Gasteiger partial charge in [-0.25, -0.2) is 0 Å². The summed E-state index contributed by atoms with van der Waals surface area (Å²) in [5, 5.41) is 30.5. The van der Waals surface area contributed by atoms with Crippen LogP contribution in [-0.2, 0) is 4.79 Å². The quantitative estimate of drug-likeness (QED) is 0.527. The summed E-state index contributed by atoms with van der Waals surface area (Å²) < 4.78 is 5.66. The molecule has 3 rings (SSSR count). The molecule has 160 valence electrons. The van der Waals surface area contributed by atoms with E-state index in [0.717, 1.165) is 43.4 Å². The van der Waals surface area contributed by atoms with Gasteiger partial charge in [0.1, 0.15) is 18.5 Å². The zero-order valence-corrected chi connectivity index (χ0v) is 17.8. The van der Waals surface area contributed by atoms with Crippen molar-refractivity contribution < 1.29 is 24.9 Å². The number of aryl methyl sites for hydroxylation is 1. The molecule has 5 nitrogen and oxygen atoms in total. The molecule has 0 amide bonds. The number of carbonyl (C=O) groups is 1. The molecular weight excluding hydrogens is 388 g/mol. The third-order valence-corrected chi connectivity index (χ3v) is 7.71. The highest BCUT2D eigenvalue weighted by Gasteiger charge is 2.44. The molecule has 1 heterocycles. The third kappa shape index (κ3) is 6.49. The van der Waals surface area contributed by atoms with Crippen molar-refractivity contribution in [3.8, 4) is 5.75 Å². The molecule has 1 aliphatic carbocycles. The molecule has 0 bridgehead atoms. The third-order valence-electron chi connectivity index (χ3n) is 5.96. The zero-order valence-electron chi connectivity index (χ0n) is 16.9. The molecule has 1 aromatic rings. The summed E-state index contributed by atoms with van der Waals surface area (Å²) in [5.41, 5.74) is 1.11. The Labute approximate surface area is 177 Å². The first kappa shape index (κ1) is 22.2. The van der Waals surface area contributed by atoms with Crippen molar-refractivity contribution in [3.63, 3.8) is 0 Å². The number of thioether (sulfide) groups is 1. The predicted octanol–water partition coefficient (Wildman–Crippen LogP) is 3.81. The van der Waals surface area contributed by atoms with Crippen LogP contribution in [0.4, 0.5) is 0 Å². The average molecular weight is 421 g/mol. The molecule has 6 heteroatoms. The van der Waals surface area contributed by atoms with Gasteiger partial charge in [-0.05, 0) is 62.6 Å². The first-order chi connectivity index (χ1) is 13.9. The predicted molar refractivity (Wildman–Crippen MR) is 115 cm³/mol. The molecule has 6 atom stereocenters. The molecule has 0 aromatic heterocycles. The van der Waals surface area contributed by atoms with E-state index in [0.29, 0.717) is 16.4 Å². The summed E-state index contributed by atoms with van der Waals surface area (Å²) in [6.45, 7) is 2.19. The van der Waals surface area contributed by atoms with Gasteiger partial charge in [0.25, 0.3) is 0 Å². The van der Waals surface area contributed by atoms with E-state index in [4.69, 9.17) is 9.84 Å². The summed E-state index contributed by atoms with van der Waals surface area (Å²) in [4.78, 5) is 10.7. The fourth-order valence-electron chi connectivity index (χ4n) is 4.49. The molecule has 0 unspecified atom stereocenters. The lowest BCUT2D eigenvalue weighted by atomic mass is 9.88. The summed E-state index contributed by atoms with van der Waals surface area (Å²) in [6, 6.07) is 7.74. The Bertz CT molecular complexity index is 706. The van der Waals surface area contributed by atoms with Gasteiger partial charge < -0.3 is 20.1 Å². The van der Waals surface area contributed by atoms with Gasteiger partial charge in [-0.3, -0.25) is 4.79 Å². The van der Waals surface area contributed by atoms with Crippen LogP contribution in [0.2, 0.25) is 0 Å². The summed E-state index contributed by atoms with van der Waals surface area (Å²) >= 11 is 1.93. The topological polar surface area (TPSA) is 87.0 Å². The second kappa shape index (κ2) is 10.5. The van der Waals surface area contributed by atoms with Crippen LogP contribution in [0, 0.1) is 18.8 Å². The van der Waals surface area contributed by atoms with Crippen molar-refractivity contribution in [2.75, 3.05) is 6.61 Å². The van der Waals surface area contributed by atoms with Gasteiger partial charge in [0.15, 0.2) is 0 Å². The second-order valence-corrected chi connectivity index (χ2v) is 9.83. The van der Waals surface area contributed by atoms with E-state index in [2.05, 4.69) is 0 Å². The van der Waals surface area contributed by atoms with Crippen molar-refractivity contribution >= 4 is 17.7 Å². The highest BCUT2D eigenvalue weighted by atomic mass is 32.2. The molecule has 29 heavy (non-hydrogen) atoms. The molecule has 2 fully saturated rings. The molecule has 3 N–H and O–H groups in total. The Hall–Kier alpha value is -1.50. The Kier molecular flexibility index (Phi) is 8.04. The van der Waals surface area contributed by atoms with E-state index < -0.39 is 12.1 Å². The maximum Gasteiger partial charge on any atom is 0.303 e. The Balaban J connectivity index is 1.46. The molecule has 1 saturated carbocycles. The minimum Gasteiger partial charge on any atom is -0.491 e. The number of ether oxygens (including phenoxy) is 1. The monoisotopic (exact) mass is 420 g/mol. The zero-order chi connectivity index (χ0) is 20.8. The first-order valence-electron chi connectivity index (χ1n) is 10.5. The van der Waals surface area contributed by atoms with Crippen molar-refractivity contribution in [2.24, 2.45) is 11.8 Å². The fourth-order valence-corrected chi connectivity index (χ4v) is 6.39. The van der Waals surface area contributed by atoms with Crippen LogP contribution in [0.25, 0.3) is 0 Å². The van der Waals surface area contributed by atoms with E-state index in [9.17, 15) is 15.0 Å². The highest BCUT2D eigenvalue weighted by molar-refractivity contribution is 8.00. The number of aliphatic carboxylic acids is 1. The molecular formula is C23H32O5S. The lowest BCUT2D eigenvalue weighted by Crippen LogP contribution is -2.27. The number of rotatable bonds is 9. The van der Waals surface area contributed by atoms with Crippen LogP contribution in [-0.4, -0.2) is 50.6 Å². The van der Waals surface area contributed by atoms with Gasteiger partial charge in [0, 0.05) is 22.8 Å². The lowest BCUT2D eigenvalue weighted by molar-refractivity contribution is -0.137. The Morgan fingerprint density at radius 3 is 2.97 bits per heavy atom. The number of aliphatic hydroxyl groups excluding tert-OH is 2. The van der Waals surface area contributed by atoms with E-state index in [-0.39, 0.29) is 25.0 Å². The van der Waals surface area contributed by atoms with Crippen molar-refractivity contribution in [3.05, 3.63) is 42.0 Å². The standard InChI is InChI=1S/C23H32O5S/c1-15-4-2-5-17(12-15)28-14-16(24)8-10-19-20-11-9-18(6-3-7-23(26)27)29-22(20)13-21(19)25/h2,4-5,8,10,12,16,18-22,24-25H,3,6-7,9,11,13-14H2,1H3,(H,26,27)/t16-,18+,19-,20-,21-,22+/m1/s1. The van der Waals surface area contributed by atoms with Crippen LogP contribution >= 0.6 is 11.8 Å². The van der Waals surface area contributed by atoms with E-state index >= 15 is 0 Å². The van der Waals surface area contributed by atoms with Crippen LogP contribution in [0.15, 0.2) is 36.4 Å². The number of carboxylic acid groups (broad SMARTS) is 1. The fraction of sp³-hybridized carbons (Fsp3) is 0.609. The van der Waals surface area contributed by atoms with Crippen LogP contribution in [0.1, 0.15) is 44.1 Å². The van der Waals surface area contributed by atoms with Gasteiger partial charge in [0.05, 0.1) is 6.10 Å². The van der Waals surface area contributed by atoms with Crippen LogP contribution < -0.4 is 4.74 Å². The second-order valence-electron chi connectivity index (χ2n) is 8.28. The van der Waals surface area contributed by atoms with E-state index in [1.165, 1.54) is 0 Å². The van der Waals surface area contributed by atoms with Crippen molar-refractivity contribution in [1.82, 2.24) is 0 Å². The normalized spacial score (nSPS) is 30.2. The maximum absolute atomic E-state index is 10.7. The molecule has 0 radical (unpaired) electrons. The molecule has 1 aliphatic heterocycles. The average Bonchev–Trinajstić information content (AvgIpc) is 2.99. The number of aliphatic hydroxyl groups is 2. The van der Waals surface area contributed by atoms with Gasteiger partial charge >= 0.3 is 5.97 Å². The van der Waals surface area contributed by atoms with Crippen molar-refractivity contribution in [2.45, 2.75) is 68.2 Å². The van der Waals surface area contributed by atoms with Gasteiger partial charge in [-0.15, -0.1) is 0 Å². The summed E-state index contributed by atoms with van der Waals surface area (Å²) in [6.07, 6.45) is 7.45. The Morgan fingerprint density at radius 2 is 2.21 bits per heavy atom. The minimum absolute atomic E-state index is 0.0705.